The minimum Gasteiger partial charge on any atom is -0.310 e. The zero-order valence-electron chi connectivity index (χ0n) is 28.2. The first kappa shape index (κ1) is 30.6. The van der Waals surface area contributed by atoms with Gasteiger partial charge in [-0.1, -0.05) is 109 Å². The molecule has 0 amide bonds. The quantitative estimate of drug-likeness (QED) is 0.163. The summed E-state index contributed by atoms with van der Waals surface area (Å²) in [5, 5.41) is 5.17. The highest BCUT2D eigenvalue weighted by Gasteiger charge is 2.18. The van der Waals surface area contributed by atoms with Crippen molar-refractivity contribution in [2.45, 2.75) is 0 Å². The molecule has 0 radical (unpaired) electrons. The van der Waals surface area contributed by atoms with Crippen LogP contribution in [0.15, 0.2) is 194 Å². The third kappa shape index (κ3) is 5.41. The van der Waals surface area contributed by atoms with Crippen LogP contribution in [0.5, 0.6) is 0 Å². The van der Waals surface area contributed by atoms with Gasteiger partial charge in [-0.2, -0.15) is 0 Å². The molecule has 0 bridgehead atoms. The highest BCUT2D eigenvalue weighted by atomic mass is 32.1. The summed E-state index contributed by atoms with van der Waals surface area (Å²) in [4.78, 5) is 4.74. The largest absolute Gasteiger partial charge is 0.310 e. The van der Waals surface area contributed by atoms with E-state index < -0.39 is 0 Å². The van der Waals surface area contributed by atoms with E-state index in [-0.39, 0.29) is 0 Å². The van der Waals surface area contributed by atoms with Crippen LogP contribution in [-0.4, -0.2) is 0 Å². The molecule has 246 valence electrons. The number of benzene rings is 8. The van der Waals surface area contributed by atoms with Gasteiger partial charge in [-0.25, -0.2) is 0 Å². The molecular formula is C48H32N2S2. The summed E-state index contributed by atoms with van der Waals surface area (Å²) in [6.07, 6.45) is 0. The minimum absolute atomic E-state index is 1.13. The maximum absolute atomic E-state index is 2.38. The van der Waals surface area contributed by atoms with E-state index >= 15 is 0 Å². The Morgan fingerprint density at radius 2 is 0.654 bits per heavy atom. The number of nitrogens with zero attached hydrogens (tertiary/aromatic N) is 2. The second kappa shape index (κ2) is 12.8. The maximum atomic E-state index is 2.38. The van der Waals surface area contributed by atoms with Crippen LogP contribution in [0.2, 0.25) is 0 Å². The van der Waals surface area contributed by atoms with Crippen LogP contribution in [0.1, 0.15) is 0 Å². The topological polar surface area (TPSA) is 6.48 Å². The van der Waals surface area contributed by atoms with Gasteiger partial charge in [0.1, 0.15) is 0 Å². The van der Waals surface area contributed by atoms with Crippen molar-refractivity contribution in [3.8, 4) is 11.1 Å². The van der Waals surface area contributed by atoms with Crippen molar-refractivity contribution in [3.63, 3.8) is 0 Å². The molecule has 2 aromatic heterocycles. The van der Waals surface area contributed by atoms with Gasteiger partial charge in [0.15, 0.2) is 0 Å². The molecule has 4 heteroatoms. The molecule has 8 aromatic carbocycles. The smallest absolute Gasteiger partial charge is 0.0476 e. The Morgan fingerprint density at radius 1 is 0.250 bits per heavy atom. The van der Waals surface area contributed by atoms with Crippen LogP contribution in [0, 0.1) is 0 Å². The van der Waals surface area contributed by atoms with Crippen molar-refractivity contribution in [2.24, 2.45) is 0 Å². The molecule has 0 unspecified atom stereocenters. The van der Waals surface area contributed by atoms with Gasteiger partial charge in [-0.15, -0.1) is 22.7 Å². The van der Waals surface area contributed by atoms with Gasteiger partial charge in [0.25, 0.3) is 0 Å². The third-order valence-electron chi connectivity index (χ3n) is 9.84. The van der Waals surface area contributed by atoms with Crippen molar-refractivity contribution in [2.75, 3.05) is 9.80 Å². The number of anilines is 6. The molecule has 10 rings (SSSR count). The molecule has 2 heterocycles. The number of hydrogen-bond acceptors (Lipinski definition) is 4. The predicted molar refractivity (Wildman–Crippen MR) is 227 cm³/mol. The molecule has 0 aliphatic heterocycles. The zero-order valence-corrected chi connectivity index (χ0v) is 29.8. The summed E-state index contributed by atoms with van der Waals surface area (Å²) in [5.41, 5.74) is 9.27. The Morgan fingerprint density at radius 3 is 1.29 bits per heavy atom. The molecule has 52 heavy (non-hydrogen) atoms. The van der Waals surface area contributed by atoms with Crippen molar-refractivity contribution >= 4 is 97.1 Å². The van der Waals surface area contributed by atoms with E-state index in [1.165, 1.54) is 51.5 Å². The second-order valence-corrected chi connectivity index (χ2v) is 15.2. The summed E-state index contributed by atoms with van der Waals surface area (Å²) in [6.45, 7) is 0. The number of fused-ring (bicyclic) bond motifs is 6. The highest BCUT2D eigenvalue weighted by molar-refractivity contribution is 7.26. The van der Waals surface area contributed by atoms with Gasteiger partial charge in [-0.05, 0) is 96.1 Å². The molecule has 0 aliphatic rings. The van der Waals surface area contributed by atoms with Gasteiger partial charge in [0, 0.05) is 74.5 Å². The van der Waals surface area contributed by atoms with Crippen LogP contribution in [0.3, 0.4) is 0 Å². The van der Waals surface area contributed by atoms with Gasteiger partial charge in [0.05, 0.1) is 0 Å². The Balaban J connectivity index is 1.07. The summed E-state index contributed by atoms with van der Waals surface area (Å²) in [5.74, 6) is 0. The van der Waals surface area contributed by atoms with Crippen molar-refractivity contribution in [1.82, 2.24) is 0 Å². The SMILES string of the molecule is c1ccc(-c2ccc(N(c3ccccc3)c3ccc4sc5cc(N(c6ccccc6)c6ccc7c(c6)sc6ccccc67)ccc5c4c3)cc2)cc1. The second-order valence-electron chi connectivity index (χ2n) is 13.0. The standard InChI is InChI=1S/C48H32N2S2/c1-4-12-33(13-5-1)34-20-22-37(23-21-34)49(35-14-6-2-7-15-35)38-26-29-46-44(30-38)43-28-25-40(32-48(43)52-46)50(36-16-8-3-9-17-36)39-24-27-42-41-18-10-11-19-45(41)51-47(42)31-39/h1-32H. The lowest BCUT2D eigenvalue weighted by Crippen LogP contribution is -2.09. The Hall–Kier alpha value is -6.20. The van der Waals surface area contributed by atoms with Crippen LogP contribution in [-0.2, 0) is 0 Å². The van der Waals surface area contributed by atoms with Gasteiger partial charge >= 0.3 is 0 Å². The average Bonchev–Trinajstić information content (AvgIpc) is 3.77. The lowest BCUT2D eigenvalue weighted by molar-refractivity contribution is 1.29. The molecule has 0 atom stereocenters. The molecule has 0 spiro atoms. The summed E-state index contributed by atoms with van der Waals surface area (Å²) >= 11 is 3.72. The number of thiophene rings is 2. The van der Waals surface area contributed by atoms with E-state index in [0.29, 0.717) is 0 Å². The van der Waals surface area contributed by atoms with E-state index in [1.54, 1.807) is 0 Å². The van der Waals surface area contributed by atoms with E-state index in [2.05, 4.69) is 204 Å². The normalized spacial score (nSPS) is 11.5. The molecule has 10 aromatic rings. The molecule has 0 N–H and O–H groups in total. The maximum Gasteiger partial charge on any atom is 0.0476 e. The fourth-order valence-electron chi connectivity index (χ4n) is 7.37. The molecule has 0 saturated carbocycles. The van der Waals surface area contributed by atoms with Gasteiger partial charge in [0.2, 0.25) is 0 Å². The summed E-state index contributed by atoms with van der Waals surface area (Å²) in [6, 6.07) is 70.3. The van der Waals surface area contributed by atoms with E-state index in [1.807, 2.05) is 22.7 Å². The highest BCUT2D eigenvalue weighted by Crippen LogP contribution is 2.45. The zero-order chi connectivity index (χ0) is 34.4. The fraction of sp³-hybridized carbons (Fsp3) is 0. The van der Waals surface area contributed by atoms with Gasteiger partial charge < -0.3 is 9.80 Å². The predicted octanol–water partition coefficient (Wildman–Crippen LogP) is 15.0. The average molecular weight is 701 g/mol. The third-order valence-corrected chi connectivity index (χ3v) is 12.1. The van der Waals surface area contributed by atoms with Gasteiger partial charge in [-0.3, -0.25) is 0 Å². The molecular weight excluding hydrogens is 669 g/mol. The molecule has 0 saturated heterocycles. The van der Waals surface area contributed by atoms with E-state index in [4.69, 9.17) is 0 Å². The van der Waals surface area contributed by atoms with Crippen molar-refractivity contribution < 1.29 is 0 Å². The summed E-state index contributed by atoms with van der Waals surface area (Å²) in [7, 11) is 0. The number of rotatable bonds is 7. The molecule has 0 fully saturated rings. The van der Waals surface area contributed by atoms with E-state index in [0.717, 1.165) is 34.1 Å². The first-order chi connectivity index (χ1) is 25.8. The van der Waals surface area contributed by atoms with Crippen molar-refractivity contribution in [1.29, 1.82) is 0 Å². The lowest BCUT2D eigenvalue weighted by Gasteiger charge is -2.26. The fourth-order valence-corrected chi connectivity index (χ4v) is 9.63. The Labute approximate surface area is 310 Å². The van der Waals surface area contributed by atoms with Crippen LogP contribution < -0.4 is 9.80 Å². The monoisotopic (exact) mass is 700 g/mol. The van der Waals surface area contributed by atoms with Crippen LogP contribution in [0.4, 0.5) is 34.1 Å². The molecule has 2 nitrogen and oxygen atoms in total. The summed E-state index contributed by atoms with van der Waals surface area (Å²) < 4.78 is 5.17. The molecule has 0 aliphatic carbocycles. The number of para-hydroxylation sites is 2. The Bertz CT molecular complexity index is 2840. The number of hydrogen-bond donors (Lipinski definition) is 0. The minimum atomic E-state index is 1.13. The van der Waals surface area contributed by atoms with Crippen LogP contribution in [0.25, 0.3) is 51.5 Å². The van der Waals surface area contributed by atoms with E-state index in [9.17, 15) is 0 Å². The first-order valence-corrected chi connectivity index (χ1v) is 19.1. The Kier molecular flexibility index (Phi) is 7.56. The first-order valence-electron chi connectivity index (χ1n) is 17.5. The lowest BCUT2D eigenvalue weighted by atomic mass is 10.0. The van der Waals surface area contributed by atoms with Crippen molar-refractivity contribution in [3.05, 3.63) is 194 Å². The van der Waals surface area contributed by atoms with Crippen LogP contribution >= 0.6 is 22.7 Å².